The van der Waals surface area contributed by atoms with Crippen molar-refractivity contribution in [1.29, 1.82) is 0 Å². The Morgan fingerprint density at radius 1 is 1.24 bits per heavy atom. The molecule has 0 radical (unpaired) electrons. The number of halogens is 1. The van der Waals surface area contributed by atoms with E-state index in [9.17, 15) is 4.39 Å². The number of ether oxygens (including phenoxy) is 1. The van der Waals surface area contributed by atoms with E-state index in [2.05, 4.69) is 5.32 Å². The summed E-state index contributed by atoms with van der Waals surface area (Å²) in [6.45, 7) is 0. The molecule has 0 spiro atoms. The summed E-state index contributed by atoms with van der Waals surface area (Å²) < 4.78 is 18.8. The van der Waals surface area contributed by atoms with Gasteiger partial charge in [0.15, 0.2) is 0 Å². The molecule has 1 aliphatic rings. The third-order valence-corrected chi connectivity index (χ3v) is 3.86. The number of nitrogens with one attached hydrogen (secondary N) is 1. The van der Waals surface area contributed by atoms with Gasteiger partial charge in [0.05, 0.1) is 7.11 Å². The summed E-state index contributed by atoms with van der Waals surface area (Å²) in [6.07, 6.45) is 5.72. The largest absolute Gasteiger partial charge is 0.496 e. The minimum Gasteiger partial charge on any atom is -0.496 e. The van der Waals surface area contributed by atoms with Crippen molar-refractivity contribution in [2.24, 2.45) is 0 Å². The number of benzene rings is 1. The summed E-state index contributed by atoms with van der Waals surface area (Å²) in [4.78, 5) is 0. The lowest BCUT2D eigenvalue weighted by atomic mass is 9.76. The molecular weight excluding hydrogens is 217 g/mol. The molecule has 1 aromatic carbocycles. The van der Waals surface area contributed by atoms with Crippen molar-refractivity contribution in [3.63, 3.8) is 0 Å². The molecule has 1 fully saturated rings. The summed E-state index contributed by atoms with van der Waals surface area (Å²) >= 11 is 0. The number of hydrogen-bond acceptors (Lipinski definition) is 2. The summed E-state index contributed by atoms with van der Waals surface area (Å²) in [5.41, 5.74) is 0.841. The first-order valence-corrected chi connectivity index (χ1v) is 6.25. The van der Waals surface area contributed by atoms with E-state index in [1.807, 2.05) is 7.05 Å². The van der Waals surface area contributed by atoms with Crippen molar-refractivity contribution in [3.05, 3.63) is 29.6 Å². The fourth-order valence-corrected chi connectivity index (χ4v) is 2.86. The molecule has 0 saturated heterocycles. The Kier molecular flexibility index (Phi) is 3.67. The molecule has 2 rings (SSSR count). The van der Waals surface area contributed by atoms with Gasteiger partial charge < -0.3 is 10.1 Å². The number of rotatable bonds is 3. The molecular formula is C14H20FNO. The standard InChI is InChI=1S/C14H20FNO/c1-16-14(8-4-3-5-9-14)12-10-11(15)6-7-13(12)17-2/h6-7,10,16H,3-5,8-9H2,1-2H3. The van der Waals surface area contributed by atoms with Crippen molar-refractivity contribution < 1.29 is 9.13 Å². The fraction of sp³-hybridized carbons (Fsp3) is 0.571. The van der Waals surface area contributed by atoms with Crippen LogP contribution in [0.5, 0.6) is 5.75 Å². The molecule has 94 valence electrons. The summed E-state index contributed by atoms with van der Waals surface area (Å²) in [5, 5.41) is 3.39. The van der Waals surface area contributed by atoms with Crippen LogP contribution in [0, 0.1) is 5.82 Å². The molecule has 1 saturated carbocycles. The van der Waals surface area contributed by atoms with Crippen LogP contribution in [-0.4, -0.2) is 14.2 Å². The maximum absolute atomic E-state index is 13.5. The normalized spacial score (nSPS) is 19.0. The van der Waals surface area contributed by atoms with Crippen molar-refractivity contribution in [1.82, 2.24) is 5.32 Å². The third-order valence-electron chi connectivity index (χ3n) is 3.86. The van der Waals surface area contributed by atoms with Gasteiger partial charge in [-0.05, 0) is 38.1 Å². The van der Waals surface area contributed by atoms with Gasteiger partial charge in [-0.3, -0.25) is 0 Å². The van der Waals surface area contributed by atoms with E-state index in [0.717, 1.165) is 24.2 Å². The van der Waals surface area contributed by atoms with Gasteiger partial charge in [-0.1, -0.05) is 19.3 Å². The molecule has 0 heterocycles. The first-order chi connectivity index (χ1) is 8.22. The van der Waals surface area contributed by atoms with Crippen LogP contribution in [-0.2, 0) is 5.54 Å². The summed E-state index contributed by atoms with van der Waals surface area (Å²) in [5.74, 6) is 0.587. The monoisotopic (exact) mass is 237 g/mol. The average molecular weight is 237 g/mol. The summed E-state index contributed by atoms with van der Waals surface area (Å²) in [7, 11) is 3.60. The molecule has 0 unspecified atom stereocenters. The predicted molar refractivity (Wildman–Crippen MR) is 66.8 cm³/mol. The van der Waals surface area contributed by atoms with Gasteiger partial charge in [0.25, 0.3) is 0 Å². The fourth-order valence-electron chi connectivity index (χ4n) is 2.86. The van der Waals surface area contributed by atoms with E-state index < -0.39 is 0 Å². The Morgan fingerprint density at radius 3 is 2.53 bits per heavy atom. The van der Waals surface area contributed by atoms with Crippen LogP contribution < -0.4 is 10.1 Å². The highest BCUT2D eigenvalue weighted by molar-refractivity contribution is 5.40. The van der Waals surface area contributed by atoms with Gasteiger partial charge >= 0.3 is 0 Å². The molecule has 0 amide bonds. The molecule has 0 aromatic heterocycles. The minimum atomic E-state index is -0.194. The van der Waals surface area contributed by atoms with E-state index in [-0.39, 0.29) is 11.4 Å². The lowest BCUT2D eigenvalue weighted by Gasteiger charge is -2.38. The molecule has 1 aliphatic carbocycles. The smallest absolute Gasteiger partial charge is 0.124 e. The van der Waals surface area contributed by atoms with Gasteiger partial charge in [0.1, 0.15) is 11.6 Å². The Labute approximate surface area is 102 Å². The Bertz CT molecular complexity index is 386. The molecule has 2 nitrogen and oxygen atoms in total. The Morgan fingerprint density at radius 2 is 1.94 bits per heavy atom. The quantitative estimate of drug-likeness (QED) is 0.871. The van der Waals surface area contributed by atoms with Crippen molar-refractivity contribution in [2.75, 3.05) is 14.2 Å². The lowest BCUT2D eigenvalue weighted by molar-refractivity contribution is 0.240. The van der Waals surface area contributed by atoms with Crippen LogP contribution in [0.15, 0.2) is 18.2 Å². The van der Waals surface area contributed by atoms with E-state index in [1.54, 1.807) is 19.2 Å². The lowest BCUT2D eigenvalue weighted by Crippen LogP contribution is -2.42. The van der Waals surface area contributed by atoms with E-state index in [0.29, 0.717) is 0 Å². The molecule has 1 N–H and O–H groups in total. The highest BCUT2D eigenvalue weighted by Gasteiger charge is 2.34. The zero-order valence-electron chi connectivity index (χ0n) is 10.6. The Hall–Kier alpha value is -1.09. The maximum atomic E-state index is 13.5. The molecule has 0 atom stereocenters. The van der Waals surface area contributed by atoms with Crippen LogP contribution in [0.1, 0.15) is 37.7 Å². The molecule has 1 aromatic rings. The van der Waals surface area contributed by atoms with Crippen LogP contribution in [0.2, 0.25) is 0 Å². The van der Waals surface area contributed by atoms with Gasteiger partial charge in [-0.25, -0.2) is 4.39 Å². The van der Waals surface area contributed by atoms with Crippen LogP contribution >= 0.6 is 0 Å². The van der Waals surface area contributed by atoms with Crippen LogP contribution in [0.3, 0.4) is 0 Å². The van der Waals surface area contributed by atoms with Crippen molar-refractivity contribution in [3.8, 4) is 5.75 Å². The predicted octanol–water partition coefficient (Wildman–Crippen LogP) is 3.21. The average Bonchev–Trinajstić information content (AvgIpc) is 2.39. The van der Waals surface area contributed by atoms with Crippen molar-refractivity contribution in [2.45, 2.75) is 37.6 Å². The van der Waals surface area contributed by atoms with E-state index in [1.165, 1.54) is 25.3 Å². The minimum absolute atomic E-state index is 0.119. The second-order valence-electron chi connectivity index (χ2n) is 4.74. The SMILES string of the molecule is CNC1(c2cc(F)ccc2OC)CCCCC1. The first-order valence-electron chi connectivity index (χ1n) is 6.25. The highest BCUT2D eigenvalue weighted by Crippen LogP contribution is 2.41. The maximum Gasteiger partial charge on any atom is 0.124 e. The van der Waals surface area contributed by atoms with Gasteiger partial charge in [-0.2, -0.15) is 0 Å². The van der Waals surface area contributed by atoms with E-state index >= 15 is 0 Å². The van der Waals surface area contributed by atoms with Gasteiger partial charge in [0, 0.05) is 11.1 Å². The Balaban J connectivity index is 2.44. The topological polar surface area (TPSA) is 21.3 Å². The third kappa shape index (κ3) is 2.29. The second kappa shape index (κ2) is 5.05. The van der Waals surface area contributed by atoms with Gasteiger partial charge in [-0.15, -0.1) is 0 Å². The number of hydrogen-bond donors (Lipinski definition) is 1. The molecule has 0 aliphatic heterocycles. The van der Waals surface area contributed by atoms with Crippen LogP contribution in [0.4, 0.5) is 4.39 Å². The highest BCUT2D eigenvalue weighted by atomic mass is 19.1. The zero-order valence-corrected chi connectivity index (χ0v) is 10.6. The zero-order chi connectivity index (χ0) is 12.3. The van der Waals surface area contributed by atoms with Gasteiger partial charge in [0.2, 0.25) is 0 Å². The summed E-state index contributed by atoms with van der Waals surface area (Å²) in [6, 6.07) is 4.79. The number of methoxy groups -OCH3 is 1. The molecule has 17 heavy (non-hydrogen) atoms. The van der Waals surface area contributed by atoms with E-state index in [4.69, 9.17) is 4.74 Å². The molecule has 3 heteroatoms. The first kappa shape index (κ1) is 12.4. The second-order valence-corrected chi connectivity index (χ2v) is 4.74. The van der Waals surface area contributed by atoms with Crippen molar-refractivity contribution >= 4 is 0 Å². The van der Waals surface area contributed by atoms with Crippen LogP contribution in [0.25, 0.3) is 0 Å². The molecule has 0 bridgehead atoms.